The van der Waals surface area contributed by atoms with Crippen molar-refractivity contribution in [3.8, 4) is 11.1 Å². The zero-order chi connectivity index (χ0) is 43.3. The molecule has 0 bridgehead atoms. The number of hydrogen-bond acceptors (Lipinski definition) is 8. The predicted molar refractivity (Wildman–Crippen MR) is 231 cm³/mol. The molecule has 4 aromatic rings. The number of imide groups is 2. The molecule has 0 spiro atoms. The Balaban J connectivity index is 0.824. The number of thiocarbonyl (C=S) groups is 1. The van der Waals surface area contributed by atoms with Gasteiger partial charge in [-0.3, -0.25) is 39.0 Å². The maximum Gasteiger partial charge on any atom is 0.264 e. The van der Waals surface area contributed by atoms with Crippen LogP contribution >= 0.6 is 12.2 Å². The molecule has 2 fully saturated rings. The lowest BCUT2D eigenvalue weighted by atomic mass is 9.92. The Bertz CT molecular complexity index is 2390. The van der Waals surface area contributed by atoms with Gasteiger partial charge in [-0.05, 0) is 68.0 Å². The number of carbonyl (C=O) groups excluding carboxylic acids is 6. The number of fused-ring (bicyclic) bond motifs is 2. The molecule has 1 aromatic heterocycles. The second-order valence-electron chi connectivity index (χ2n) is 16.0. The highest BCUT2D eigenvalue weighted by atomic mass is 32.1. The maximum atomic E-state index is 14.1. The molecule has 1 saturated heterocycles. The van der Waals surface area contributed by atoms with E-state index in [1.165, 1.54) is 6.07 Å². The van der Waals surface area contributed by atoms with Crippen molar-refractivity contribution in [3.63, 3.8) is 0 Å². The van der Waals surface area contributed by atoms with Crippen LogP contribution in [0.5, 0.6) is 0 Å². The van der Waals surface area contributed by atoms with Gasteiger partial charge in [0, 0.05) is 72.4 Å². The van der Waals surface area contributed by atoms with Crippen LogP contribution in [0, 0.1) is 0 Å². The highest BCUT2D eigenvalue weighted by molar-refractivity contribution is 7.80. The summed E-state index contributed by atoms with van der Waals surface area (Å²) in [7, 11) is 0. The second-order valence-corrected chi connectivity index (χ2v) is 16.5. The normalized spacial score (nSPS) is 17.6. The third-order valence-electron chi connectivity index (χ3n) is 11.7. The number of benzene rings is 3. The minimum atomic E-state index is -2.65. The number of unbranched alkanes of at least 4 members (excludes halogenated alkanes) is 5. The Hall–Kier alpha value is -6.03. The van der Waals surface area contributed by atoms with E-state index in [0.29, 0.717) is 37.2 Å². The van der Waals surface area contributed by atoms with Crippen LogP contribution in [-0.4, -0.2) is 75.0 Å². The minimum Gasteiger partial charge on any atom is -0.389 e. The number of carbonyl (C=O) groups is 6. The van der Waals surface area contributed by atoms with E-state index in [4.69, 9.17) is 18.0 Å². The van der Waals surface area contributed by atoms with Crippen LogP contribution in [0.1, 0.15) is 116 Å². The van der Waals surface area contributed by atoms with Crippen LogP contribution < -0.4 is 27.0 Å². The zero-order valence-corrected chi connectivity index (χ0v) is 34.5. The molecule has 3 aromatic carbocycles. The van der Waals surface area contributed by atoms with Crippen LogP contribution in [0.3, 0.4) is 0 Å². The fourth-order valence-electron chi connectivity index (χ4n) is 8.47. The summed E-state index contributed by atoms with van der Waals surface area (Å²) in [6, 6.07) is 16.9. The lowest BCUT2D eigenvalue weighted by Crippen LogP contribution is -2.54. The third-order valence-corrected chi connectivity index (χ3v) is 12.0. The maximum absolute atomic E-state index is 14.1. The van der Waals surface area contributed by atoms with Crippen molar-refractivity contribution in [1.82, 2.24) is 20.1 Å². The molecule has 7 rings (SSSR count). The number of alkyl halides is 2. The van der Waals surface area contributed by atoms with Crippen molar-refractivity contribution in [2.24, 2.45) is 5.73 Å². The number of nitrogens with two attached hydrogens (primary N) is 1. The molecule has 6 N–H and O–H groups in total. The number of piperidine rings is 1. The first kappa shape index (κ1) is 43.1. The van der Waals surface area contributed by atoms with Crippen molar-refractivity contribution >= 4 is 74.9 Å². The molecular weight excluding hydrogens is 805 g/mol. The molecule has 1 saturated carbocycles. The average Bonchev–Trinajstić information content (AvgIpc) is 3.73. The van der Waals surface area contributed by atoms with Gasteiger partial charge in [0.05, 0.1) is 23.2 Å². The van der Waals surface area contributed by atoms with Crippen LogP contribution in [0.2, 0.25) is 0 Å². The van der Waals surface area contributed by atoms with Gasteiger partial charge >= 0.3 is 0 Å². The molecule has 320 valence electrons. The number of nitrogens with one attached hydrogen (secondary N) is 4. The van der Waals surface area contributed by atoms with Crippen molar-refractivity contribution in [2.45, 2.75) is 101 Å². The Labute approximate surface area is 357 Å². The zero-order valence-electron chi connectivity index (χ0n) is 33.7. The summed E-state index contributed by atoms with van der Waals surface area (Å²) in [5.41, 5.74) is 10.5. The molecule has 1 aliphatic carbocycles. The smallest absolute Gasteiger partial charge is 0.264 e. The SMILES string of the molecule is NC(=S)c1cccc(-c2cn(C3CCC(F)(F)CC3)c3cc(NC(=O)CCCCCCCCNC(=O)CNc4cccc5c4C(=O)N(C4CCC(=O)NC4=O)C5=O)ccc23)c1. The molecule has 1 unspecified atom stereocenters. The first-order valence-corrected chi connectivity index (χ1v) is 21.3. The highest BCUT2D eigenvalue weighted by Gasteiger charge is 2.45. The van der Waals surface area contributed by atoms with Gasteiger partial charge in [0.2, 0.25) is 29.6 Å². The van der Waals surface area contributed by atoms with Gasteiger partial charge in [-0.15, -0.1) is 0 Å². The summed E-state index contributed by atoms with van der Waals surface area (Å²) < 4.78 is 30.3. The van der Waals surface area contributed by atoms with E-state index in [1.807, 2.05) is 48.7 Å². The predicted octanol–water partition coefficient (Wildman–Crippen LogP) is 6.99. The Kier molecular flexibility index (Phi) is 13.2. The van der Waals surface area contributed by atoms with Gasteiger partial charge in [0.25, 0.3) is 11.8 Å². The van der Waals surface area contributed by atoms with Crippen LogP contribution in [0.25, 0.3) is 22.0 Å². The number of rotatable bonds is 17. The molecule has 1 atom stereocenters. The van der Waals surface area contributed by atoms with Crippen molar-refractivity contribution < 1.29 is 37.5 Å². The minimum absolute atomic E-state index is 0.0222. The highest BCUT2D eigenvalue weighted by Crippen LogP contribution is 2.42. The number of anilines is 2. The van der Waals surface area contributed by atoms with Gasteiger partial charge in [-0.2, -0.15) is 0 Å². The van der Waals surface area contributed by atoms with E-state index >= 15 is 0 Å². The summed E-state index contributed by atoms with van der Waals surface area (Å²) in [4.78, 5) is 77.0. The summed E-state index contributed by atoms with van der Waals surface area (Å²) in [6.45, 7) is 0.342. The molecule has 61 heavy (non-hydrogen) atoms. The summed E-state index contributed by atoms with van der Waals surface area (Å²) in [6.07, 6.45) is 7.94. The molecule has 3 aliphatic rings. The Morgan fingerprint density at radius 1 is 0.852 bits per heavy atom. The number of aromatic nitrogens is 1. The molecule has 13 nitrogen and oxygen atoms in total. The Morgan fingerprint density at radius 2 is 1.59 bits per heavy atom. The van der Waals surface area contributed by atoms with Crippen molar-refractivity contribution in [2.75, 3.05) is 23.7 Å². The number of nitrogens with zero attached hydrogens (tertiary/aromatic N) is 2. The summed E-state index contributed by atoms with van der Waals surface area (Å²) >= 11 is 5.20. The Morgan fingerprint density at radius 3 is 2.34 bits per heavy atom. The average molecular weight is 854 g/mol. The van der Waals surface area contributed by atoms with E-state index in [9.17, 15) is 37.5 Å². The van der Waals surface area contributed by atoms with Gasteiger partial charge in [-0.1, -0.05) is 68.2 Å². The van der Waals surface area contributed by atoms with Gasteiger partial charge in [0.15, 0.2) is 0 Å². The standard InChI is InChI=1S/C45H49F2N7O6S/c46-45(47)20-18-30(19-21-45)53-26-33(27-9-7-10-28(23-27)41(48)61)31-15-14-29(24-36(31)53)51-37(55)13-5-3-1-2-4-6-22-49-39(57)25-50-34-12-8-11-32-40(34)44(60)54(43(32)59)35-16-17-38(56)52-42(35)58/h7-12,14-15,23-24,26,30,35,50H,1-6,13,16-22,25H2,(H2,48,61)(H,49,57)(H,51,55)(H,52,56,58). The molecule has 3 heterocycles. The van der Waals surface area contributed by atoms with Gasteiger partial charge < -0.3 is 26.3 Å². The van der Waals surface area contributed by atoms with E-state index in [2.05, 4.69) is 25.8 Å². The van der Waals surface area contributed by atoms with Crippen molar-refractivity contribution in [1.29, 1.82) is 0 Å². The van der Waals surface area contributed by atoms with Crippen LogP contribution in [0.15, 0.2) is 66.9 Å². The largest absolute Gasteiger partial charge is 0.389 e. The summed E-state index contributed by atoms with van der Waals surface area (Å²) in [5.74, 6) is -5.44. The quantitative estimate of drug-likeness (QED) is 0.0424. The van der Waals surface area contributed by atoms with E-state index in [0.717, 1.165) is 71.0 Å². The second kappa shape index (κ2) is 18.7. The van der Waals surface area contributed by atoms with Gasteiger partial charge in [0.1, 0.15) is 11.0 Å². The monoisotopic (exact) mass is 853 g/mol. The van der Waals surface area contributed by atoms with E-state index < -0.39 is 35.6 Å². The molecular formula is C45H49F2N7O6S. The summed E-state index contributed by atoms with van der Waals surface area (Å²) in [5, 5.41) is 12.0. The van der Waals surface area contributed by atoms with Crippen LogP contribution in [-0.2, 0) is 19.2 Å². The fourth-order valence-corrected chi connectivity index (χ4v) is 8.60. The van der Waals surface area contributed by atoms with E-state index in [-0.39, 0.29) is 66.2 Å². The topological polar surface area (TPSA) is 185 Å². The molecule has 0 radical (unpaired) electrons. The number of halogens is 2. The van der Waals surface area contributed by atoms with Crippen LogP contribution in [0.4, 0.5) is 20.2 Å². The van der Waals surface area contributed by atoms with Crippen molar-refractivity contribution in [3.05, 3.63) is 83.6 Å². The molecule has 6 amide bonds. The number of amides is 6. The number of hydrogen-bond donors (Lipinski definition) is 5. The lowest BCUT2D eigenvalue weighted by molar-refractivity contribution is -0.136. The molecule has 2 aliphatic heterocycles. The van der Waals surface area contributed by atoms with E-state index in [1.54, 1.807) is 12.1 Å². The fraction of sp³-hybridized carbons (Fsp3) is 0.400. The lowest BCUT2D eigenvalue weighted by Gasteiger charge is -2.29. The first-order valence-electron chi connectivity index (χ1n) is 20.9. The third kappa shape index (κ3) is 9.96. The first-order chi connectivity index (χ1) is 29.3. The molecule has 16 heteroatoms. The van der Waals surface area contributed by atoms with Gasteiger partial charge in [-0.25, -0.2) is 8.78 Å².